The molecule has 1 aromatic carbocycles. The highest BCUT2D eigenvalue weighted by atomic mass is 16.3. The van der Waals surface area contributed by atoms with Gasteiger partial charge < -0.3 is 10.0 Å². The fourth-order valence-electron chi connectivity index (χ4n) is 4.26. The molecule has 1 aliphatic heterocycles. The van der Waals surface area contributed by atoms with Crippen molar-refractivity contribution < 1.29 is 5.11 Å². The molecule has 4 heteroatoms. The molecule has 1 N–H and O–H groups in total. The van der Waals surface area contributed by atoms with Gasteiger partial charge in [-0.2, -0.15) is 0 Å². The van der Waals surface area contributed by atoms with Crippen LogP contribution < -0.4 is 0 Å². The Morgan fingerprint density at radius 2 is 1.54 bits per heavy atom. The first-order chi connectivity index (χ1) is 11.7. The van der Waals surface area contributed by atoms with Crippen LogP contribution in [0, 0.1) is 0 Å². The average molecular weight is 323 g/mol. The lowest BCUT2D eigenvalue weighted by molar-refractivity contribution is -0.0221. The molecule has 0 radical (unpaired) electrons. The van der Waals surface area contributed by atoms with Crippen molar-refractivity contribution in [2.75, 3.05) is 13.1 Å². The van der Waals surface area contributed by atoms with Crippen molar-refractivity contribution in [1.29, 1.82) is 0 Å². The van der Waals surface area contributed by atoms with Crippen molar-refractivity contribution in [1.82, 2.24) is 14.9 Å². The van der Waals surface area contributed by atoms with Crippen LogP contribution >= 0.6 is 0 Å². The molecule has 1 aromatic heterocycles. The fraction of sp³-hybridized carbons (Fsp3) is 0.500. The molecule has 1 saturated carbocycles. The number of aromatic nitrogens is 2. The van der Waals surface area contributed by atoms with E-state index in [0.29, 0.717) is 6.04 Å². The van der Waals surface area contributed by atoms with Crippen molar-refractivity contribution in [2.45, 2.75) is 50.2 Å². The summed E-state index contributed by atoms with van der Waals surface area (Å²) in [6.45, 7) is 2.49. The minimum atomic E-state index is -0.665. The Labute approximate surface area is 143 Å². The molecule has 0 amide bonds. The maximum absolute atomic E-state index is 11.1. The maximum Gasteiger partial charge on any atom is 0.115 e. The van der Waals surface area contributed by atoms with E-state index in [0.717, 1.165) is 42.4 Å². The van der Waals surface area contributed by atoms with Crippen molar-refractivity contribution in [3.8, 4) is 11.1 Å². The van der Waals surface area contributed by atoms with Gasteiger partial charge >= 0.3 is 0 Å². The zero-order chi connectivity index (χ0) is 16.4. The quantitative estimate of drug-likeness (QED) is 0.941. The van der Waals surface area contributed by atoms with Crippen molar-refractivity contribution in [3.05, 3.63) is 48.5 Å². The molecule has 0 bridgehead atoms. The van der Waals surface area contributed by atoms with Crippen LogP contribution in [-0.4, -0.2) is 39.1 Å². The molecule has 4 rings (SSSR count). The summed E-state index contributed by atoms with van der Waals surface area (Å²) in [5.74, 6) is 0. The zero-order valence-corrected chi connectivity index (χ0v) is 14.1. The number of hydrogen-bond donors (Lipinski definition) is 1. The van der Waals surface area contributed by atoms with E-state index in [4.69, 9.17) is 0 Å². The van der Waals surface area contributed by atoms with Crippen LogP contribution in [0.4, 0.5) is 0 Å². The monoisotopic (exact) mass is 323 g/mol. The van der Waals surface area contributed by atoms with Gasteiger partial charge in [0, 0.05) is 24.0 Å². The van der Waals surface area contributed by atoms with E-state index < -0.39 is 5.60 Å². The molecule has 126 valence electrons. The normalized spacial score (nSPS) is 28.1. The predicted molar refractivity (Wildman–Crippen MR) is 94.4 cm³/mol. The summed E-state index contributed by atoms with van der Waals surface area (Å²) in [6.07, 6.45) is 11.8. The Morgan fingerprint density at radius 1 is 0.917 bits per heavy atom. The van der Waals surface area contributed by atoms with Gasteiger partial charge in [-0.25, -0.2) is 9.97 Å². The lowest BCUT2D eigenvalue weighted by Gasteiger charge is -2.40. The Bertz CT molecular complexity index is 657. The van der Waals surface area contributed by atoms with Gasteiger partial charge in [0.2, 0.25) is 0 Å². The summed E-state index contributed by atoms with van der Waals surface area (Å²) < 4.78 is 0. The fourth-order valence-corrected chi connectivity index (χ4v) is 4.26. The van der Waals surface area contributed by atoms with Crippen molar-refractivity contribution >= 4 is 0 Å². The molecule has 1 aliphatic carbocycles. The van der Waals surface area contributed by atoms with Crippen LogP contribution in [0.15, 0.2) is 43.0 Å². The topological polar surface area (TPSA) is 49.3 Å². The second kappa shape index (κ2) is 6.61. The highest BCUT2D eigenvalue weighted by Gasteiger charge is 2.37. The van der Waals surface area contributed by atoms with E-state index in [1.165, 1.54) is 25.9 Å². The molecular weight excluding hydrogens is 298 g/mol. The average Bonchev–Trinajstić information content (AvgIpc) is 3.18. The van der Waals surface area contributed by atoms with Crippen LogP contribution in [0.5, 0.6) is 0 Å². The third kappa shape index (κ3) is 3.08. The number of likely N-dealkylation sites (tertiary alicyclic amines) is 1. The Kier molecular flexibility index (Phi) is 4.33. The van der Waals surface area contributed by atoms with E-state index in [9.17, 15) is 5.11 Å². The molecule has 2 aliphatic rings. The smallest absolute Gasteiger partial charge is 0.115 e. The second-order valence-electron chi connectivity index (χ2n) is 7.21. The predicted octanol–water partition coefficient (Wildman–Crippen LogP) is 3.37. The van der Waals surface area contributed by atoms with Crippen LogP contribution in [-0.2, 0) is 5.60 Å². The SMILES string of the molecule is OC1(c2ccc(-c3cncnc3)cc2)CCC(N2CCCC2)CC1. The maximum atomic E-state index is 11.1. The first-order valence-electron chi connectivity index (χ1n) is 9.07. The standard InChI is InChI=1S/C20H25N3O/c24-20(9-7-19(8-10-20)23-11-1-2-12-23)18-5-3-16(4-6-18)17-13-21-15-22-14-17/h3-6,13-15,19,24H,1-2,7-12H2. The number of aliphatic hydroxyl groups is 1. The van der Waals surface area contributed by atoms with E-state index in [2.05, 4.69) is 39.1 Å². The molecule has 0 atom stereocenters. The Hall–Kier alpha value is -1.78. The largest absolute Gasteiger partial charge is 0.385 e. The van der Waals surface area contributed by atoms with E-state index >= 15 is 0 Å². The summed E-state index contributed by atoms with van der Waals surface area (Å²) in [6, 6.07) is 8.95. The van der Waals surface area contributed by atoms with Crippen LogP contribution in [0.3, 0.4) is 0 Å². The molecule has 24 heavy (non-hydrogen) atoms. The van der Waals surface area contributed by atoms with E-state index in [1.807, 2.05) is 12.4 Å². The van der Waals surface area contributed by atoms with Crippen molar-refractivity contribution in [3.63, 3.8) is 0 Å². The third-order valence-corrected chi connectivity index (χ3v) is 5.76. The number of hydrogen-bond acceptors (Lipinski definition) is 4. The van der Waals surface area contributed by atoms with Gasteiger partial charge in [0.1, 0.15) is 6.33 Å². The summed E-state index contributed by atoms with van der Waals surface area (Å²) in [5.41, 5.74) is 2.48. The highest BCUT2D eigenvalue weighted by molar-refractivity contribution is 5.61. The van der Waals surface area contributed by atoms with Gasteiger partial charge in [-0.3, -0.25) is 0 Å². The molecular formula is C20H25N3O. The Balaban J connectivity index is 1.45. The van der Waals surface area contributed by atoms with Gasteiger partial charge in [-0.05, 0) is 62.7 Å². The summed E-state index contributed by atoms with van der Waals surface area (Å²) >= 11 is 0. The molecule has 2 fully saturated rings. The number of rotatable bonds is 3. The minimum absolute atomic E-state index is 0.665. The van der Waals surface area contributed by atoms with Crippen molar-refractivity contribution in [2.24, 2.45) is 0 Å². The minimum Gasteiger partial charge on any atom is -0.385 e. The van der Waals surface area contributed by atoms with Crippen LogP contribution in [0.1, 0.15) is 44.1 Å². The number of benzene rings is 1. The molecule has 0 spiro atoms. The summed E-state index contributed by atoms with van der Waals surface area (Å²) in [5, 5.41) is 11.1. The van der Waals surface area contributed by atoms with Gasteiger partial charge in [0.05, 0.1) is 5.60 Å². The number of nitrogens with zero attached hydrogens (tertiary/aromatic N) is 3. The summed E-state index contributed by atoms with van der Waals surface area (Å²) in [7, 11) is 0. The Morgan fingerprint density at radius 3 is 2.17 bits per heavy atom. The highest BCUT2D eigenvalue weighted by Crippen LogP contribution is 2.39. The zero-order valence-electron chi connectivity index (χ0n) is 14.1. The second-order valence-corrected chi connectivity index (χ2v) is 7.21. The third-order valence-electron chi connectivity index (χ3n) is 5.76. The van der Waals surface area contributed by atoms with Gasteiger partial charge in [-0.1, -0.05) is 24.3 Å². The first-order valence-corrected chi connectivity index (χ1v) is 9.07. The molecule has 2 heterocycles. The molecule has 2 aromatic rings. The van der Waals surface area contributed by atoms with Gasteiger partial charge in [0.25, 0.3) is 0 Å². The van der Waals surface area contributed by atoms with Crippen LogP contribution in [0.25, 0.3) is 11.1 Å². The van der Waals surface area contributed by atoms with Crippen LogP contribution in [0.2, 0.25) is 0 Å². The summed E-state index contributed by atoms with van der Waals surface area (Å²) in [4.78, 5) is 10.8. The van der Waals surface area contributed by atoms with Gasteiger partial charge in [-0.15, -0.1) is 0 Å². The van der Waals surface area contributed by atoms with E-state index in [-0.39, 0.29) is 0 Å². The van der Waals surface area contributed by atoms with Gasteiger partial charge in [0.15, 0.2) is 0 Å². The lowest BCUT2D eigenvalue weighted by atomic mass is 9.77. The molecule has 4 nitrogen and oxygen atoms in total. The lowest BCUT2D eigenvalue weighted by Crippen LogP contribution is -2.41. The first kappa shape index (κ1) is 15.7. The molecule has 1 saturated heterocycles. The molecule has 0 unspecified atom stereocenters. The van der Waals surface area contributed by atoms with E-state index in [1.54, 1.807) is 6.33 Å².